The SMILES string of the molecule is [2H]C1([2H])OCC(=O)N(Cc2ccc(COc3cccc4c3CN(C3CCC(=C)NC3=O)C4=O)cc2)C1([2H])[2H]. The number of hydrogen-bond donors (Lipinski definition) is 1. The van der Waals surface area contributed by atoms with Gasteiger partial charge in [0.15, 0.2) is 0 Å². The molecule has 0 aliphatic carbocycles. The van der Waals surface area contributed by atoms with Crippen molar-refractivity contribution in [3.8, 4) is 5.75 Å². The van der Waals surface area contributed by atoms with Crippen LogP contribution >= 0.6 is 0 Å². The molecule has 0 aromatic heterocycles. The first-order chi connectivity index (χ1) is 18.0. The van der Waals surface area contributed by atoms with Crippen molar-refractivity contribution in [2.24, 2.45) is 0 Å². The van der Waals surface area contributed by atoms with Gasteiger partial charge < -0.3 is 24.6 Å². The smallest absolute Gasteiger partial charge is 0.255 e. The molecule has 1 unspecified atom stereocenters. The van der Waals surface area contributed by atoms with Crippen LogP contribution in [0.5, 0.6) is 5.75 Å². The van der Waals surface area contributed by atoms with Crippen molar-refractivity contribution in [2.45, 2.75) is 38.6 Å². The number of rotatable bonds is 6. The van der Waals surface area contributed by atoms with Gasteiger partial charge in [-0.05, 0) is 36.1 Å². The Hall–Kier alpha value is -3.65. The van der Waals surface area contributed by atoms with E-state index in [1.807, 2.05) is 0 Å². The van der Waals surface area contributed by atoms with Crippen molar-refractivity contribution >= 4 is 17.7 Å². The van der Waals surface area contributed by atoms with Crippen molar-refractivity contribution in [2.75, 3.05) is 19.7 Å². The lowest BCUT2D eigenvalue weighted by molar-refractivity contribution is -0.143. The Morgan fingerprint density at radius 1 is 1.15 bits per heavy atom. The van der Waals surface area contributed by atoms with Gasteiger partial charge in [-0.3, -0.25) is 14.4 Å². The van der Waals surface area contributed by atoms with E-state index in [0.717, 1.165) is 16.0 Å². The summed E-state index contributed by atoms with van der Waals surface area (Å²) < 4.78 is 42.4. The van der Waals surface area contributed by atoms with E-state index in [0.29, 0.717) is 35.4 Å². The molecule has 8 heteroatoms. The van der Waals surface area contributed by atoms with Gasteiger partial charge in [0.2, 0.25) is 11.8 Å². The molecular formula is C26H27N3O5. The molecule has 2 aromatic rings. The molecule has 1 N–H and O–H groups in total. The Labute approximate surface area is 203 Å². The highest BCUT2D eigenvalue weighted by Crippen LogP contribution is 2.34. The quantitative estimate of drug-likeness (QED) is 0.708. The molecule has 3 heterocycles. The van der Waals surface area contributed by atoms with Crippen LogP contribution in [0.1, 0.15) is 45.4 Å². The zero-order chi connectivity index (χ0) is 27.2. The molecule has 0 bridgehead atoms. The lowest BCUT2D eigenvalue weighted by Crippen LogP contribution is -2.49. The van der Waals surface area contributed by atoms with E-state index >= 15 is 0 Å². The van der Waals surface area contributed by atoms with Gasteiger partial charge in [0.1, 0.15) is 25.0 Å². The van der Waals surface area contributed by atoms with Crippen LogP contribution in [-0.4, -0.2) is 53.2 Å². The van der Waals surface area contributed by atoms with Gasteiger partial charge in [0.05, 0.1) is 18.6 Å². The molecule has 0 spiro atoms. The summed E-state index contributed by atoms with van der Waals surface area (Å²) in [5.41, 5.74) is 3.33. The Morgan fingerprint density at radius 2 is 1.94 bits per heavy atom. The second-order valence-corrected chi connectivity index (χ2v) is 8.45. The summed E-state index contributed by atoms with van der Waals surface area (Å²) in [4.78, 5) is 40.1. The van der Waals surface area contributed by atoms with Crippen LogP contribution in [0, 0.1) is 0 Å². The average Bonchev–Trinajstić information content (AvgIpc) is 3.21. The van der Waals surface area contributed by atoms with Gasteiger partial charge in [-0.15, -0.1) is 0 Å². The van der Waals surface area contributed by atoms with Crippen LogP contribution in [0.25, 0.3) is 0 Å². The highest BCUT2D eigenvalue weighted by atomic mass is 16.5. The Balaban J connectivity index is 1.25. The van der Waals surface area contributed by atoms with E-state index in [1.54, 1.807) is 47.4 Å². The molecule has 34 heavy (non-hydrogen) atoms. The lowest BCUT2D eigenvalue weighted by atomic mass is 10.0. The zero-order valence-corrected chi connectivity index (χ0v) is 18.5. The summed E-state index contributed by atoms with van der Waals surface area (Å²) in [5, 5.41) is 2.73. The van der Waals surface area contributed by atoms with Crippen LogP contribution in [0.15, 0.2) is 54.7 Å². The number of nitrogens with zero attached hydrogens (tertiary/aromatic N) is 2. The van der Waals surface area contributed by atoms with Gasteiger partial charge in [0, 0.05) is 29.9 Å². The third-order valence-corrected chi connectivity index (χ3v) is 6.16. The molecule has 0 radical (unpaired) electrons. The van der Waals surface area contributed by atoms with E-state index in [-0.39, 0.29) is 31.5 Å². The Bertz CT molecular complexity index is 1310. The molecular weight excluding hydrogens is 434 g/mol. The van der Waals surface area contributed by atoms with Gasteiger partial charge >= 0.3 is 0 Å². The molecule has 176 valence electrons. The summed E-state index contributed by atoms with van der Waals surface area (Å²) in [5.74, 6) is -0.510. The van der Waals surface area contributed by atoms with Crippen LogP contribution < -0.4 is 10.1 Å². The predicted molar refractivity (Wildman–Crippen MR) is 124 cm³/mol. The molecule has 3 amide bonds. The van der Waals surface area contributed by atoms with Gasteiger partial charge in [-0.25, -0.2) is 0 Å². The first-order valence-corrected chi connectivity index (χ1v) is 11.0. The number of morpholine rings is 1. The molecule has 3 aliphatic heterocycles. The first-order valence-electron chi connectivity index (χ1n) is 13.0. The molecule has 2 fully saturated rings. The number of hydrogen-bond acceptors (Lipinski definition) is 5. The maximum atomic E-state index is 13.0. The van der Waals surface area contributed by atoms with Gasteiger partial charge in [0.25, 0.3) is 5.91 Å². The second-order valence-electron chi connectivity index (χ2n) is 8.45. The van der Waals surface area contributed by atoms with Crippen molar-refractivity contribution in [3.63, 3.8) is 0 Å². The monoisotopic (exact) mass is 465 g/mol. The molecule has 2 saturated heterocycles. The first kappa shape index (κ1) is 17.8. The number of ether oxygens (including phenoxy) is 2. The highest BCUT2D eigenvalue weighted by Gasteiger charge is 2.39. The Kier molecular flexibility index (Phi) is 4.86. The number of piperidine rings is 1. The fourth-order valence-corrected chi connectivity index (χ4v) is 4.31. The third-order valence-electron chi connectivity index (χ3n) is 6.16. The standard InChI is InChI=1S/C26H27N3O5/c1-17-5-10-22(25(31)27-17)29-14-21-20(26(29)32)3-2-4-23(21)34-15-19-8-6-18(7-9-19)13-28-11-12-33-16-24(28)30/h2-4,6-9,22H,1,5,10-16H2,(H,27,31)/i11D2,12D2. The third kappa shape index (κ3) is 4.41. The molecule has 5 rings (SSSR count). The van der Waals surface area contributed by atoms with E-state index in [4.69, 9.17) is 15.0 Å². The van der Waals surface area contributed by atoms with Gasteiger partial charge in [-0.2, -0.15) is 0 Å². The fourth-order valence-electron chi connectivity index (χ4n) is 4.31. The number of carbonyl (C=O) groups excluding carboxylic acids is 3. The number of amides is 3. The second kappa shape index (κ2) is 9.30. The number of allylic oxidation sites excluding steroid dienone is 1. The fraction of sp³-hybridized carbons (Fsp3) is 0.346. The minimum absolute atomic E-state index is 0.109. The van der Waals surface area contributed by atoms with Crippen molar-refractivity contribution in [3.05, 3.63) is 77.0 Å². The maximum absolute atomic E-state index is 13.0. The maximum Gasteiger partial charge on any atom is 0.255 e. The average molecular weight is 466 g/mol. The van der Waals surface area contributed by atoms with E-state index in [1.165, 1.54) is 0 Å². The summed E-state index contributed by atoms with van der Waals surface area (Å²) >= 11 is 0. The summed E-state index contributed by atoms with van der Waals surface area (Å²) in [7, 11) is 0. The van der Waals surface area contributed by atoms with Crippen LogP contribution in [0.3, 0.4) is 0 Å². The minimum atomic E-state index is -2.62. The number of nitrogens with one attached hydrogen (secondary N) is 1. The minimum Gasteiger partial charge on any atom is -0.489 e. The normalized spacial score (nSPS) is 25.1. The molecule has 0 saturated carbocycles. The summed E-state index contributed by atoms with van der Waals surface area (Å²) in [6.07, 6.45) is 1.14. The van der Waals surface area contributed by atoms with E-state index in [9.17, 15) is 14.4 Å². The largest absolute Gasteiger partial charge is 0.489 e. The summed E-state index contributed by atoms with van der Waals surface area (Å²) in [6.45, 7) is -1.60. The molecule has 2 aromatic carbocycles. The number of carbonyl (C=O) groups is 3. The van der Waals surface area contributed by atoms with Crippen LogP contribution in [0.2, 0.25) is 0 Å². The summed E-state index contributed by atoms with van der Waals surface area (Å²) in [6, 6.07) is 11.7. The van der Waals surface area contributed by atoms with Crippen molar-refractivity contribution in [1.29, 1.82) is 0 Å². The zero-order valence-electron chi connectivity index (χ0n) is 22.5. The molecule has 3 aliphatic rings. The predicted octanol–water partition coefficient (Wildman–Crippen LogP) is 2.37. The number of benzene rings is 2. The highest BCUT2D eigenvalue weighted by molar-refractivity contribution is 6.02. The molecule has 1 atom stereocenters. The van der Waals surface area contributed by atoms with Crippen molar-refractivity contribution in [1.82, 2.24) is 15.1 Å². The van der Waals surface area contributed by atoms with Crippen LogP contribution in [-0.2, 0) is 34.0 Å². The van der Waals surface area contributed by atoms with Crippen molar-refractivity contribution < 1.29 is 29.3 Å². The Morgan fingerprint density at radius 3 is 2.74 bits per heavy atom. The number of fused-ring (bicyclic) bond motifs is 1. The van der Waals surface area contributed by atoms with Crippen LogP contribution in [0.4, 0.5) is 0 Å². The van der Waals surface area contributed by atoms with E-state index in [2.05, 4.69) is 11.9 Å². The van der Waals surface area contributed by atoms with E-state index < -0.39 is 31.6 Å². The van der Waals surface area contributed by atoms with Gasteiger partial charge in [-0.1, -0.05) is 36.9 Å². The lowest BCUT2D eigenvalue weighted by Gasteiger charge is -2.31. The topological polar surface area (TPSA) is 88.2 Å². The molecule has 8 nitrogen and oxygen atoms in total.